The normalized spacial score (nSPS) is 10.9. The van der Waals surface area contributed by atoms with E-state index in [4.69, 9.17) is 0 Å². The third kappa shape index (κ3) is 5.54. The maximum Gasteiger partial charge on any atom is 0.0855 e. The SMILES string of the molecule is CC(C)=C(C)Cc1cc(C)ccc1S(=O)c1ccc(C)cc1CC(C)=C(C)C. The maximum absolute atomic E-state index is 13.7. The molecule has 0 atom stereocenters. The van der Waals surface area contributed by atoms with E-state index in [0.29, 0.717) is 0 Å². The fraction of sp³-hybridized carbons (Fsp3) is 0.385. The average molecular weight is 395 g/mol. The molecule has 0 aliphatic heterocycles. The minimum atomic E-state index is -1.19. The average Bonchev–Trinajstić information content (AvgIpc) is 2.61. The smallest absolute Gasteiger partial charge is 0.0855 e. The van der Waals surface area contributed by atoms with Gasteiger partial charge in [-0.15, -0.1) is 0 Å². The van der Waals surface area contributed by atoms with Crippen LogP contribution in [0, 0.1) is 13.8 Å². The standard InChI is InChI=1S/C26H34OS/c1-17(2)21(7)15-23-13-19(5)9-11-25(23)28(27)26-12-10-20(6)14-24(26)16-22(8)18(3)4/h9-14H,15-16H2,1-8H3. The number of aryl methyl sites for hydroxylation is 2. The van der Waals surface area contributed by atoms with E-state index in [1.54, 1.807) is 0 Å². The molecule has 28 heavy (non-hydrogen) atoms. The lowest BCUT2D eigenvalue weighted by Crippen LogP contribution is -2.05. The van der Waals surface area contributed by atoms with E-state index in [9.17, 15) is 4.21 Å². The van der Waals surface area contributed by atoms with Crippen LogP contribution in [0.4, 0.5) is 0 Å². The number of hydrogen-bond donors (Lipinski definition) is 0. The molecule has 0 N–H and O–H groups in total. The van der Waals surface area contributed by atoms with Crippen molar-refractivity contribution in [1.82, 2.24) is 0 Å². The van der Waals surface area contributed by atoms with Crippen LogP contribution in [0.1, 0.15) is 63.8 Å². The van der Waals surface area contributed by atoms with Crippen LogP contribution < -0.4 is 0 Å². The van der Waals surface area contributed by atoms with Crippen molar-refractivity contribution in [1.29, 1.82) is 0 Å². The highest BCUT2D eigenvalue weighted by Crippen LogP contribution is 2.28. The summed E-state index contributed by atoms with van der Waals surface area (Å²) < 4.78 is 13.7. The molecule has 150 valence electrons. The first kappa shape index (κ1) is 22.4. The van der Waals surface area contributed by atoms with Crippen molar-refractivity contribution in [2.24, 2.45) is 0 Å². The quantitative estimate of drug-likeness (QED) is 0.471. The van der Waals surface area contributed by atoms with Gasteiger partial charge in [-0.25, -0.2) is 4.21 Å². The van der Waals surface area contributed by atoms with Gasteiger partial charge in [-0.05, 0) is 91.5 Å². The van der Waals surface area contributed by atoms with Crippen LogP contribution in [-0.2, 0) is 23.6 Å². The molecule has 2 heteroatoms. The third-order valence-corrected chi connectivity index (χ3v) is 7.05. The molecule has 0 aromatic heterocycles. The second kappa shape index (κ2) is 9.52. The Bertz CT molecular complexity index is 875. The highest BCUT2D eigenvalue weighted by molar-refractivity contribution is 7.85. The monoisotopic (exact) mass is 394 g/mol. The Kier molecular flexibility index (Phi) is 7.60. The van der Waals surface area contributed by atoms with E-state index >= 15 is 0 Å². The fourth-order valence-electron chi connectivity index (χ4n) is 3.10. The van der Waals surface area contributed by atoms with Gasteiger partial charge in [-0.3, -0.25) is 0 Å². The zero-order valence-corrected chi connectivity index (χ0v) is 19.5. The summed E-state index contributed by atoms with van der Waals surface area (Å²) >= 11 is 0. The number of allylic oxidation sites excluding steroid dienone is 4. The molecule has 0 amide bonds. The zero-order valence-electron chi connectivity index (χ0n) is 18.7. The molecule has 0 bridgehead atoms. The minimum absolute atomic E-state index is 0.847. The molecular formula is C26H34OS. The van der Waals surface area contributed by atoms with Crippen LogP contribution >= 0.6 is 0 Å². The van der Waals surface area contributed by atoms with E-state index < -0.39 is 10.8 Å². The Labute approximate surface area is 174 Å². The summed E-state index contributed by atoms with van der Waals surface area (Å²) in [5.74, 6) is 0. The Balaban J connectivity index is 2.55. The summed E-state index contributed by atoms with van der Waals surface area (Å²) in [7, 11) is -1.19. The Morgan fingerprint density at radius 3 is 1.36 bits per heavy atom. The Hall–Kier alpha value is -1.93. The second-order valence-electron chi connectivity index (χ2n) is 8.41. The van der Waals surface area contributed by atoms with Crippen LogP contribution in [0.25, 0.3) is 0 Å². The molecule has 0 spiro atoms. The molecule has 0 fully saturated rings. The predicted octanol–water partition coefficient (Wildman–Crippen LogP) is 7.27. The lowest BCUT2D eigenvalue weighted by molar-refractivity contribution is 0.681. The van der Waals surface area contributed by atoms with Crippen LogP contribution in [0.2, 0.25) is 0 Å². The van der Waals surface area contributed by atoms with Gasteiger partial charge in [0.1, 0.15) is 0 Å². The number of benzene rings is 2. The molecule has 0 saturated carbocycles. The van der Waals surface area contributed by atoms with Crippen molar-refractivity contribution in [2.75, 3.05) is 0 Å². The van der Waals surface area contributed by atoms with Crippen LogP contribution in [0.5, 0.6) is 0 Å². The zero-order chi connectivity index (χ0) is 21.0. The number of rotatable bonds is 6. The summed E-state index contributed by atoms with van der Waals surface area (Å²) in [5, 5.41) is 0. The molecular weight excluding hydrogens is 360 g/mol. The predicted molar refractivity (Wildman–Crippen MR) is 123 cm³/mol. The molecule has 2 aromatic carbocycles. The van der Waals surface area contributed by atoms with Crippen molar-refractivity contribution in [3.63, 3.8) is 0 Å². The molecule has 2 aromatic rings. The van der Waals surface area contributed by atoms with Crippen molar-refractivity contribution in [3.05, 3.63) is 80.9 Å². The fourth-order valence-corrected chi connectivity index (χ4v) is 4.46. The second-order valence-corrected chi connectivity index (χ2v) is 9.82. The first-order chi connectivity index (χ1) is 13.1. The van der Waals surface area contributed by atoms with Gasteiger partial charge >= 0.3 is 0 Å². The van der Waals surface area contributed by atoms with Gasteiger partial charge in [-0.2, -0.15) is 0 Å². The molecule has 0 unspecified atom stereocenters. The summed E-state index contributed by atoms with van der Waals surface area (Å²) in [5.41, 5.74) is 10.1. The van der Waals surface area contributed by atoms with Gasteiger partial charge in [0.2, 0.25) is 0 Å². The Morgan fingerprint density at radius 2 is 1.04 bits per heavy atom. The van der Waals surface area contributed by atoms with Crippen molar-refractivity contribution >= 4 is 10.8 Å². The molecule has 0 aliphatic carbocycles. The molecule has 1 nitrogen and oxygen atoms in total. The molecule has 0 saturated heterocycles. The highest BCUT2D eigenvalue weighted by Gasteiger charge is 2.17. The van der Waals surface area contributed by atoms with Crippen LogP contribution in [-0.4, -0.2) is 4.21 Å². The van der Waals surface area contributed by atoms with Gasteiger partial charge in [0.05, 0.1) is 10.8 Å². The largest absolute Gasteiger partial charge is 0.249 e. The van der Waals surface area contributed by atoms with Gasteiger partial charge in [0, 0.05) is 9.79 Å². The summed E-state index contributed by atoms with van der Waals surface area (Å²) in [6.45, 7) is 17.1. The van der Waals surface area contributed by atoms with Crippen molar-refractivity contribution < 1.29 is 4.21 Å². The molecule has 0 heterocycles. The summed E-state index contributed by atoms with van der Waals surface area (Å²) in [4.78, 5) is 1.87. The van der Waals surface area contributed by atoms with E-state index in [0.717, 1.165) is 22.6 Å². The van der Waals surface area contributed by atoms with Crippen molar-refractivity contribution in [2.45, 2.75) is 78.0 Å². The maximum atomic E-state index is 13.7. The van der Waals surface area contributed by atoms with Gasteiger partial charge in [0.15, 0.2) is 0 Å². The summed E-state index contributed by atoms with van der Waals surface area (Å²) in [6, 6.07) is 12.6. The lowest BCUT2D eigenvalue weighted by Gasteiger charge is -2.16. The number of hydrogen-bond acceptors (Lipinski definition) is 1. The van der Waals surface area contributed by atoms with Gasteiger partial charge in [0.25, 0.3) is 0 Å². The van der Waals surface area contributed by atoms with Crippen LogP contribution in [0.15, 0.2) is 68.5 Å². The lowest BCUT2D eigenvalue weighted by atomic mass is 10.0. The Morgan fingerprint density at radius 1 is 0.679 bits per heavy atom. The van der Waals surface area contributed by atoms with E-state index in [1.165, 1.54) is 44.5 Å². The van der Waals surface area contributed by atoms with E-state index in [2.05, 4.69) is 91.8 Å². The van der Waals surface area contributed by atoms with Gasteiger partial charge < -0.3 is 0 Å². The van der Waals surface area contributed by atoms with E-state index in [1.807, 2.05) is 0 Å². The highest BCUT2D eigenvalue weighted by atomic mass is 32.2. The molecule has 2 rings (SSSR count). The topological polar surface area (TPSA) is 17.1 Å². The molecule has 0 radical (unpaired) electrons. The van der Waals surface area contributed by atoms with E-state index in [-0.39, 0.29) is 0 Å². The van der Waals surface area contributed by atoms with Crippen molar-refractivity contribution in [3.8, 4) is 0 Å². The van der Waals surface area contributed by atoms with Crippen LogP contribution in [0.3, 0.4) is 0 Å². The minimum Gasteiger partial charge on any atom is -0.249 e. The first-order valence-electron chi connectivity index (χ1n) is 9.97. The van der Waals surface area contributed by atoms with Gasteiger partial charge in [-0.1, -0.05) is 57.7 Å². The first-order valence-corrected chi connectivity index (χ1v) is 11.1. The summed E-state index contributed by atoms with van der Waals surface area (Å²) in [6.07, 6.45) is 1.69. The molecule has 0 aliphatic rings. The third-order valence-electron chi connectivity index (χ3n) is 5.45.